The highest BCUT2D eigenvalue weighted by Gasteiger charge is 2.02. The molecular weight excluding hydrogens is 172 g/mol. The average Bonchev–Trinajstić information content (AvgIpc) is 2.47. The number of hydrogen-bond acceptors (Lipinski definition) is 3. The Labute approximate surface area is 74.0 Å². The quantitative estimate of drug-likeness (QED) is 0.731. The van der Waals surface area contributed by atoms with Gasteiger partial charge in [0.2, 0.25) is 0 Å². The molecule has 1 heterocycles. The maximum absolute atomic E-state index is 9.39. The highest BCUT2D eigenvalue weighted by atomic mass is 32.1. The Kier molecular flexibility index (Phi) is 1.66. The van der Waals surface area contributed by atoms with Gasteiger partial charge < -0.3 is 9.84 Å². The fourth-order valence-corrected chi connectivity index (χ4v) is 1.92. The van der Waals surface area contributed by atoms with E-state index < -0.39 is 0 Å². The maximum Gasteiger partial charge on any atom is 0.134 e. The van der Waals surface area contributed by atoms with Gasteiger partial charge >= 0.3 is 0 Å². The van der Waals surface area contributed by atoms with E-state index in [9.17, 15) is 5.11 Å². The van der Waals surface area contributed by atoms with Gasteiger partial charge in [-0.1, -0.05) is 0 Å². The number of aromatic hydroxyl groups is 1. The Balaban J connectivity index is 2.71. The van der Waals surface area contributed by atoms with Gasteiger partial charge in [0.1, 0.15) is 11.5 Å². The van der Waals surface area contributed by atoms with Gasteiger partial charge in [-0.3, -0.25) is 0 Å². The largest absolute Gasteiger partial charge is 0.506 e. The summed E-state index contributed by atoms with van der Waals surface area (Å²) in [5, 5.41) is 12.0. The second kappa shape index (κ2) is 2.68. The summed E-state index contributed by atoms with van der Waals surface area (Å²) in [5.74, 6) is 1.10. The van der Waals surface area contributed by atoms with E-state index in [4.69, 9.17) is 4.74 Å². The lowest BCUT2D eigenvalue weighted by atomic mass is 10.2. The first kappa shape index (κ1) is 7.43. The number of hydrogen-bond donors (Lipinski definition) is 1. The molecule has 62 valence electrons. The number of ether oxygens (including phenoxy) is 1. The van der Waals surface area contributed by atoms with Crippen molar-refractivity contribution in [1.82, 2.24) is 0 Å². The first-order valence-electron chi connectivity index (χ1n) is 3.55. The molecule has 2 nitrogen and oxygen atoms in total. The average molecular weight is 180 g/mol. The zero-order chi connectivity index (χ0) is 8.55. The Morgan fingerprint density at radius 2 is 2.25 bits per heavy atom. The van der Waals surface area contributed by atoms with Crippen molar-refractivity contribution in [3.8, 4) is 11.5 Å². The molecule has 1 N–H and O–H groups in total. The summed E-state index contributed by atoms with van der Waals surface area (Å²) in [7, 11) is 1.62. The monoisotopic (exact) mass is 180 g/mol. The highest BCUT2D eigenvalue weighted by molar-refractivity contribution is 7.17. The van der Waals surface area contributed by atoms with Crippen LogP contribution >= 0.6 is 11.3 Å². The molecule has 1 aromatic heterocycles. The van der Waals surface area contributed by atoms with E-state index in [1.807, 2.05) is 18.2 Å². The lowest BCUT2D eigenvalue weighted by molar-refractivity contribution is 0.415. The summed E-state index contributed by atoms with van der Waals surface area (Å²) in [6.07, 6.45) is 0. The van der Waals surface area contributed by atoms with Crippen LogP contribution in [0.15, 0.2) is 23.6 Å². The zero-order valence-corrected chi connectivity index (χ0v) is 7.39. The molecule has 0 aliphatic heterocycles. The third kappa shape index (κ3) is 1.02. The minimum atomic E-state index is 0.328. The summed E-state index contributed by atoms with van der Waals surface area (Å²) in [4.78, 5) is 0. The van der Waals surface area contributed by atoms with Crippen LogP contribution in [-0.4, -0.2) is 12.2 Å². The normalized spacial score (nSPS) is 10.4. The standard InChI is InChI=1S/C9H8O2S/c1-11-6-2-3-9-7(4-6)8(10)5-12-9/h2-5,10H,1H3. The second-order valence-corrected chi connectivity index (χ2v) is 3.39. The van der Waals surface area contributed by atoms with E-state index >= 15 is 0 Å². The smallest absolute Gasteiger partial charge is 0.134 e. The minimum absolute atomic E-state index is 0.328. The number of methoxy groups -OCH3 is 1. The van der Waals surface area contributed by atoms with E-state index in [1.165, 1.54) is 11.3 Å². The summed E-state index contributed by atoms with van der Waals surface area (Å²) in [6.45, 7) is 0. The Hall–Kier alpha value is -1.22. The van der Waals surface area contributed by atoms with Crippen molar-refractivity contribution in [2.24, 2.45) is 0 Å². The molecule has 0 spiro atoms. The molecule has 2 rings (SSSR count). The van der Waals surface area contributed by atoms with Gasteiger partial charge in [0, 0.05) is 15.5 Å². The lowest BCUT2D eigenvalue weighted by Gasteiger charge is -1.98. The Bertz CT molecular complexity index is 406. The fraction of sp³-hybridized carbons (Fsp3) is 0.111. The molecule has 0 aliphatic rings. The van der Waals surface area contributed by atoms with Crippen LogP contribution < -0.4 is 4.74 Å². The predicted octanol–water partition coefficient (Wildman–Crippen LogP) is 2.62. The van der Waals surface area contributed by atoms with Gasteiger partial charge in [0.25, 0.3) is 0 Å². The van der Waals surface area contributed by atoms with Crippen LogP contribution in [0, 0.1) is 0 Å². The Morgan fingerprint density at radius 3 is 3.00 bits per heavy atom. The van der Waals surface area contributed by atoms with Crippen molar-refractivity contribution >= 4 is 21.4 Å². The highest BCUT2D eigenvalue weighted by Crippen LogP contribution is 2.33. The van der Waals surface area contributed by atoms with Crippen LogP contribution in [0.25, 0.3) is 10.1 Å². The molecular formula is C9H8O2S. The van der Waals surface area contributed by atoms with Gasteiger partial charge in [-0.2, -0.15) is 0 Å². The van der Waals surface area contributed by atoms with E-state index in [2.05, 4.69) is 0 Å². The number of fused-ring (bicyclic) bond motifs is 1. The van der Waals surface area contributed by atoms with Gasteiger partial charge in [-0.25, -0.2) is 0 Å². The van der Waals surface area contributed by atoms with Gasteiger partial charge in [0.05, 0.1) is 7.11 Å². The predicted molar refractivity (Wildman–Crippen MR) is 50.0 cm³/mol. The van der Waals surface area contributed by atoms with Crippen LogP contribution in [-0.2, 0) is 0 Å². The van der Waals surface area contributed by atoms with Crippen molar-refractivity contribution in [3.63, 3.8) is 0 Å². The summed E-state index contributed by atoms with van der Waals surface area (Å²) < 4.78 is 6.12. The molecule has 0 radical (unpaired) electrons. The third-order valence-electron chi connectivity index (χ3n) is 1.76. The van der Waals surface area contributed by atoms with E-state index in [1.54, 1.807) is 12.5 Å². The summed E-state index contributed by atoms with van der Waals surface area (Å²) >= 11 is 1.53. The number of thiophene rings is 1. The SMILES string of the molecule is COc1ccc2scc(O)c2c1. The van der Waals surface area contributed by atoms with Crippen molar-refractivity contribution in [2.75, 3.05) is 7.11 Å². The second-order valence-electron chi connectivity index (χ2n) is 2.48. The van der Waals surface area contributed by atoms with Crippen LogP contribution in [0.5, 0.6) is 11.5 Å². The maximum atomic E-state index is 9.39. The van der Waals surface area contributed by atoms with Crippen LogP contribution in [0.3, 0.4) is 0 Å². The molecule has 0 amide bonds. The van der Waals surface area contributed by atoms with Gasteiger partial charge in [-0.05, 0) is 18.2 Å². The fourth-order valence-electron chi connectivity index (χ4n) is 1.12. The number of benzene rings is 1. The molecule has 0 saturated heterocycles. The summed E-state index contributed by atoms with van der Waals surface area (Å²) in [5.41, 5.74) is 0. The van der Waals surface area contributed by atoms with Gasteiger partial charge in [0.15, 0.2) is 0 Å². The van der Waals surface area contributed by atoms with Crippen molar-refractivity contribution in [2.45, 2.75) is 0 Å². The molecule has 2 aromatic rings. The molecule has 0 aliphatic carbocycles. The molecule has 0 fully saturated rings. The Morgan fingerprint density at radius 1 is 1.42 bits per heavy atom. The first-order chi connectivity index (χ1) is 5.81. The lowest BCUT2D eigenvalue weighted by Crippen LogP contribution is -1.80. The first-order valence-corrected chi connectivity index (χ1v) is 4.43. The number of rotatable bonds is 1. The molecule has 0 unspecified atom stereocenters. The van der Waals surface area contributed by atoms with E-state index in [-0.39, 0.29) is 0 Å². The molecule has 1 aromatic carbocycles. The van der Waals surface area contributed by atoms with Crippen LogP contribution in [0.2, 0.25) is 0 Å². The molecule has 3 heteroatoms. The zero-order valence-electron chi connectivity index (χ0n) is 6.57. The molecule has 12 heavy (non-hydrogen) atoms. The van der Waals surface area contributed by atoms with E-state index in [0.29, 0.717) is 5.75 Å². The minimum Gasteiger partial charge on any atom is -0.506 e. The molecule has 0 bridgehead atoms. The molecule has 0 atom stereocenters. The van der Waals surface area contributed by atoms with Crippen molar-refractivity contribution < 1.29 is 9.84 Å². The van der Waals surface area contributed by atoms with Gasteiger partial charge in [-0.15, -0.1) is 11.3 Å². The van der Waals surface area contributed by atoms with Crippen molar-refractivity contribution in [1.29, 1.82) is 0 Å². The van der Waals surface area contributed by atoms with Crippen LogP contribution in [0.1, 0.15) is 0 Å². The molecule has 0 saturated carbocycles. The topological polar surface area (TPSA) is 29.5 Å². The van der Waals surface area contributed by atoms with E-state index in [0.717, 1.165) is 15.8 Å². The van der Waals surface area contributed by atoms with Crippen molar-refractivity contribution in [3.05, 3.63) is 23.6 Å². The summed E-state index contributed by atoms with van der Waals surface area (Å²) in [6, 6.07) is 5.66. The van der Waals surface area contributed by atoms with Crippen LogP contribution in [0.4, 0.5) is 0 Å². The third-order valence-corrected chi connectivity index (χ3v) is 2.71.